The third-order valence-electron chi connectivity index (χ3n) is 3.99. The molecule has 2 aromatic rings. The Hall–Kier alpha value is -3.04. The van der Waals surface area contributed by atoms with Gasteiger partial charge < -0.3 is 5.32 Å². The van der Waals surface area contributed by atoms with Crippen LogP contribution in [0.25, 0.3) is 0 Å². The number of hydrogen-bond donors (Lipinski definition) is 3. The summed E-state index contributed by atoms with van der Waals surface area (Å²) in [5, 5.41) is 28.2. The molecule has 0 spiro atoms. The van der Waals surface area contributed by atoms with Crippen molar-refractivity contribution in [1.29, 1.82) is 5.26 Å². The van der Waals surface area contributed by atoms with E-state index in [-0.39, 0.29) is 41.5 Å². The Bertz CT molecular complexity index is 1040. The molecule has 0 saturated heterocycles. The van der Waals surface area contributed by atoms with Crippen LogP contribution in [0.1, 0.15) is 22.9 Å². The molecule has 142 valence electrons. The lowest BCUT2D eigenvalue weighted by molar-refractivity contribution is 0.232. The topological polar surface area (TPSA) is 149 Å². The predicted octanol–water partition coefficient (Wildman–Crippen LogP) is 1.22. The fourth-order valence-electron chi connectivity index (χ4n) is 2.61. The largest absolute Gasteiger partial charge is 0.364 e. The highest BCUT2D eigenvalue weighted by atomic mass is 32.2. The molecule has 1 aliphatic carbocycles. The highest BCUT2D eigenvalue weighted by molar-refractivity contribution is 7.93. The molecule has 3 rings (SSSR count). The van der Waals surface area contributed by atoms with Crippen LogP contribution in [0, 0.1) is 17.3 Å². The van der Waals surface area contributed by atoms with Crippen molar-refractivity contribution in [2.24, 2.45) is 9.36 Å². The Morgan fingerprint density at radius 2 is 2.37 bits per heavy atom. The lowest BCUT2D eigenvalue weighted by atomic mass is 9.83. The van der Waals surface area contributed by atoms with Crippen molar-refractivity contribution in [2.75, 3.05) is 23.9 Å². The van der Waals surface area contributed by atoms with Gasteiger partial charge in [0, 0.05) is 18.6 Å². The summed E-state index contributed by atoms with van der Waals surface area (Å²) >= 11 is 0. The van der Waals surface area contributed by atoms with E-state index >= 15 is 0 Å². The van der Waals surface area contributed by atoms with Gasteiger partial charge in [0.25, 0.3) is 0 Å². The molecule has 3 N–H and O–H groups in total. The normalized spacial score (nSPS) is 17.9. The Kier molecular flexibility index (Phi) is 5.33. The van der Waals surface area contributed by atoms with Crippen LogP contribution in [0.15, 0.2) is 32.2 Å². The van der Waals surface area contributed by atoms with E-state index in [0.717, 1.165) is 11.1 Å². The molecule has 1 aliphatic rings. The Balaban J connectivity index is 1.74. The molecule has 10 nitrogen and oxygen atoms in total. The van der Waals surface area contributed by atoms with Crippen LogP contribution >= 0.6 is 0 Å². The second kappa shape index (κ2) is 7.68. The minimum atomic E-state index is -2.63. The quantitative estimate of drug-likeness (QED) is 0.287. The molecule has 0 aliphatic heterocycles. The van der Waals surface area contributed by atoms with Crippen molar-refractivity contribution in [3.8, 4) is 6.19 Å². The highest BCUT2D eigenvalue weighted by Crippen LogP contribution is 2.36. The number of benzene rings is 1. The zero-order chi connectivity index (χ0) is 19.4. The molecule has 1 aromatic carbocycles. The number of hydrogen-bond acceptors (Lipinski definition) is 9. The monoisotopic (exact) mass is 393 g/mol. The van der Waals surface area contributed by atoms with Crippen molar-refractivity contribution in [3.63, 3.8) is 0 Å². The zero-order valence-corrected chi connectivity index (χ0v) is 15.0. The summed E-state index contributed by atoms with van der Waals surface area (Å²) in [5.41, 5.74) is 3.78. The minimum Gasteiger partial charge on any atom is -0.364 e. The number of hydroxylamine groups is 1. The zero-order valence-electron chi connectivity index (χ0n) is 14.2. The van der Waals surface area contributed by atoms with Crippen LogP contribution in [-0.4, -0.2) is 44.1 Å². The number of aromatic nitrogens is 2. The molecule has 1 heterocycles. The van der Waals surface area contributed by atoms with Crippen LogP contribution in [-0.2, 0) is 16.1 Å². The molecule has 0 fully saturated rings. The van der Waals surface area contributed by atoms with E-state index in [0.29, 0.717) is 6.42 Å². The van der Waals surface area contributed by atoms with Crippen molar-refractivity contribution in [3.05, 3.63) is 40.8 Å². The maximum Gasteiger partial charge on any atom is 0.214 e. The summed E-state index contributed by atoms with van der Waals surface area (Å²) in [7, 11) is -2.63. The van der Waals surface area contributed by atoms with E-state index in [9.17, 15) is 13.8 Å². The number of anilines is 1. The fraction of sp³-hybridized carbons (Fsp3) is 0.333. The molecule has 1 aromatic heterocycles. The minimum absolute atomic E-state index is 0.00222. The number of amidine groups is 1. The predicted molar refractivity (Wildman–Crippen MR) is 94.1 cm³/mol. The van der Waals surface area contributed by atoms with Gasteiger partial charge in [-0.1, -0.05) is 6.07 Å². The average Bonchev–Trinajstić information content (AvgIpc) is 3.06. The third-order valence-corrected chi connectivity index (χ3v) is 5.42. The fourth-order valence-corrected chi connectivity index (χ4v) is 3.36. The van der Waals surface area contributed by atoms with E-state index < -0.39 is 9.73 Å². The van der Waals surface area contributed by atoms with Crippen LogP contribution in [0.3, 0.4) is 0 Å². The van der Waals surface area contributed by atoms with Gasteiger partial charge in [0.15, 0.2) is 11.5 Å². The lowest BCUT2D eigenvalue weighted by Crippen LogP contribution is -2.26. The SMILES string of the molecule is CS(=O)(CCNc1nonc1C(=N[C@H]1Cc2ccc(F)cc21)NO)=NC#N. The molecular formula is C15H16FN7O3S. The van der Waals surface area contributed by atoms with Crippen molar-refractivity contribution < 1.29 is 18.4 Å². The first-order valence-electron chi connectivity index (χ1n) is 7.84. The van der Waals surface area contributed by atoms with Crippen LogP contribution in [0.2, 0.25) is 0 Å². The van der Waals surface area contributed by atoms with Gasteiger partial charge in [-0.3, -0.25) is 15.7 Å². The second-order valence-corrected chi connectivity index (χ2v) is 8.41. The maximum absolute atomic E-state index is 13.4. The molecule has 1 unspecified atom stereocenters. The number of halogens is 1. The lowest BCUT2D eigenvalue weighted by Gasteiger charge is -2.27. The summed E-state index contributed by atoms with van der Waals surface area (Å²) in [6.45, 7) is 0.178. The molecule has 2 atom stereocenters. The summed E-state index contributed by atoms with van der Waals surface area (Å²) in [5.74, 6) is -0.0938. The van der Waals surface area contributed by atoms with Gasteiger partial charge >= 0.3 is 0 Å². The van der Waals surface area contributed by atoms with E-state index in [4.69, 9.17) is 5.26 Å². The van der Waals surface area contributed by atoms with E-state index in [1.165, 1.54) is 24.6 Å². The number of fused-ring (bicyclic) bond motifs is 1. The molecule has 0 amide bonds. The Morgan fingerprint density at radius 3 is 3.11 bits per heavy atom. The summed E-state index contributed by atoms with van der Waals surface area (Å²) in [6.07, 6.45) is 3.49. The van der Waals surface area contributed by atoms with E-state index in [1.54, 1.807) is 6.07 Å². The smallest absolute Gasteiger partial charge is 0.214 e. The van der Waals surface area contributed by atoms with Crippen molar-refractivity contribution >= 4 is 21.4 Å². The molecule has 0 radical (unpaired) electrons. The number of rotatable bonds is 6. The maximum atomic E-state index is 13.4. The third kappa shape index (κ3) is 4.21. The van der Waals surface area contributed by atoms with Gasteiger partial charge in [-0.2, -0.15) is 5.26 Å². The van der Waals surface area contributed by atoms with Gasteiger partial charge in [-0.05, 0) is 40.0 Å². The highest BCUT2D eigenvalue weighted by Gasteiger charge is 2.28. The van der Waals surface area contributed by atoms with Crippen LogP contribution < -0.4 is 10.8 Å². The molecule has 0 saturated carbocycles. The average molecular weight is 393 g/mol. The molecule has 12 heteroatoms. The first kappa shape index (κ1) is 18.7. The van der Waals surface area contributed by atoms with Crippen LogP contribution in [0.4, 0.5) is 10.2 Å². The molecule has 0 bridgehead atoms. The Morgan fingerprint density at radius 1 is 1.56 bits per heavy atom. The van der Waals surface area contributed by atoms with Gasteiger partial charge in [0.2, 0.25) is 12.0 Å². The second-order valence-electron chi connectivity index (χ2n) is 5.90. The Labute approximate surface area is 154 Å². The number of nitriles is 1. The van der Waals surface area contributed by atoms with Crippen molar-refractivity contribution in [1.82, 2.24) is 15.8 Å². The summed E-state index contributed by atoms with van der Waals surface area (Å²) < 4.78 is 33.4. The number of nitrogens with one attached hydrogen (secondary N) is 2. The standard InChI is InChI=1S/C15H16FN7O3S/c1-27(25,19-8-17)5-4-18-14-13(22-26-23-14)15(21-24)20-12-6-9-2-3-10(16)7-11(9)12/h2-3,7,12,24H,4-6H2,1H3,(H,18,23)(H,20,21)/t12-,27?/m0/s1. The summed E-state index contributed by atoms with van der Waals surface area (Å²) in [4.78, 5) is 4.34. The van der Waals surface area contributed by atoms with E-state index in [2.05, 4.69) is 29.6 Å². The van der Waals surface area contributed by atoms with Gasteiger partial charge in [-0.15, -0.1) is 4.36 Å². The van der Waals surface area contributed by atoms with Crippen LogP contribution in [0.5, 0.6) is 0 Å². The van der Waals surface area contributed by atoms with Crippen molar-refractivity contribution in [2.45, 2.75) is 12.5 Å². The van der Waals surface area contributed by atoms with Gasteiger partial charge in [-0.25, -0.2) is 13.2 Å². The summed E-state index contributed by atoms with van der Waals surface area (Å²) in [6, 6.07) is 4.15. The molecule has 27 heavy (non-hydrogen) atoms. The van der Waals surface area contributed by atoms with Gasteiger partial charge in [0.1, 0.15) is 5.82 Å². The first-order chi connectivity index (χ1) is 12.9. The van der Waals surface area contributed by atoms with Gasteiger partial charge in [0.05, 0.1) is 15.8 Å². The number of aliphatic imine (C=N–C) groups is 1. The number of nitrogens with zero attached hydrogens (tertiary/aromatic N) is 5. The van der Waals surface area contributed by atoms with E-state index in [1.807, 2.05) is 5.48 Å². The molecular weight excluding hydrogens is 377 g/mol. The first-order valence-corrected chi connectivity index (χ1v) is 9.93.